The zero-order chi connectivity index (χ0) is 16.8. The van der Waals surface area contributed by atoms with Crippen molar-refractivity contribution in [3.05, 3.63) is 30.5 Å². The van der Waals surface area contributed by atoms with Crippen LogP contribution in [0.5, 0.6) is 0 Å². The molecule has 1 N–H and O–H groups in total. The Morgan fingerprint density at radius 3 is 2.74 bits per heavy atom. The van der Waals surface area contributed by atoms with E-state index in [2.05, 4.69) is 10.4 Å². The van der Waals surface area contributed by atoms with Gasteiger partial charge in [-0.2, -0.15) is 5.10 Å². The first-order chi connectivity index (χ1) is 11.0. The average molecular weight is 317 g/mol. The molecule has 1 aromatic carbocycles. The molecule has 2 aromatic rings. The highest BCUT2D eigenvalue weighted by atomic mass is 16.5. The number of methoxy groups -OCH3 is 1. The van der Waals surface area contributed by atoms with Crippen LogP contribution in [-0.2, 0) is 20.9 Å². The first-order valence-electron chi connectivity index (χ1n) is 7.76. The Bertz CT molecular complexity index is 679. The van der Waals surface area contributed by atoms with Gasteiger partial charge in [0.05, 0.1) is 24.7 Å². The van der Waals surface area contributed by atoms with Gasteiger partial charge in [-0.15, -0.1) is 0 Å². The number of nitrogens with one attached hydrogen (secondary N) is 1. The van der Waals surface area contributed by atoms with Gasteiger partial charge in [-0.3, -0.25) is 14.3 Å². The maximum Gasteiger partial charge on any atom is 0.310 e. The minimum Gasteiger partial charge on any atom is -0.469 e. The maximum absolute atomic E-state index is 12.1. The first kappa shape index (κ1) is 17.0. The topological polar surface area (TPSA) is 73.2 Å². The third-order valence-corrected chi connectivity index (χ3v) is 3.68. The summed E-state index contributed by atoms with van der Waals surface area (Å²) in [5, 5.41) is 8.03. The van der Waals surface area contributed by atoms with Gasteiger partial charge in [0.25, 0.3) is 0 Å². The van der Waals surface area contributed by atoms with E-state index in [1.54, 1.807) is 10.9 Å². The number of benzene rings is 1. The molecule has 0 spiro atoms. The molecule has 0 aliphatic rings. The van der Waals surface area contributed by atoms with Crippen molar-refractivity contribution in [3.63, 3.8) is 0 Å². The van der Waals surface area contributed by atoms with Crippen LogP contribution < -0.4 is 5.32 Å². The summed E-state index contributed by atoms with van der Waals surface area (Å²) in [6.45, 7) is 4.48. The highest BCUT2D eigenvalue weighted by Crippen LogP contribution is 2.13. The molecule has 2 rings (SSSR count). The van der Waals surface area contributed by atoms with E-state index in [1.165, 1.54) is 7.11 Å². The Hall–Kier alpha value is -2.37. The van der Waals surface area contributed by atoms with Gasteiger partial charge in [-0.25, -0.2) is 0 Å². The van der Waals surface area contributed by atoms with Crippen molar-refractivity contribution in [1.29, 1.82) is 0 Å². The smallest absolute Gasteiger partial charge is 0.310 e. The van der Waals surface area contributed by atoms with Gasteiger partial charge in [0, 0.05) is 11.9 Å². The van der Waals surface area contributed by atoms with Crippen LogP contribution in [0.15, 0.2) is 30.5 Å². The minimum atomic E-state index is -0.321. The van der Waals surface area contributed by atoms with Crippen molar-refractivity contribution in [2.45, 2.75) is 26.8 Å². The van der Waals surface area contributed by atoms with Crippen molar-refractivity contribution in [1.82, 2.24) is 15.1 Å². The molecule has 0 saturated heterocycles. The van der Waals surface area contributed by atoms with Crippen molar-refractivity contribution in [2.24, 2.45) is 11.8 Å². The molecule has 0 unspecified atom stereocenters. The molecule has 0 radical (unpaired) electrons. The lowest BCUT2D eigenvalue weighted by Crippen LogP contribution is -2.36. The lowest BCUT2D eigenvalue weighted by atomic mass is 9.97. The fraction of sp³-hybridized carbons (Fsp3) is 0.471. The molecule has 23 heavy (non-hydrogen) atoms. The number of para-hydroxylation sites is 1. The number of ether oxygens (including phenoxy) is 1. The van der Waals surface area contributed by atoms with Gasteiger partial charge >= 0.3 is 5.97 Å². The van der Waals surface area contributed by atoms with E-state index in [-0.39, 0.29) is 30.9 Å². The van der Waals surface area contributed by atoms with E-state index in [0.29, 0.717) is 12.3 Å². The summed E-state index contributed by atoms with van der Waals surface area (Å²) in [6, 6.07) is 7.72. The molecule has 0 aliphatic heterocycles. The third-order valence-electron chi connectivity index (χ3n) is 3.68. The zero-order valence-corrected chi connectivity index (χ0v) is 13.8. The van der Waals surface area contributed by atoms with Crippen LogP contribution >= 0.6 is 0 Å². The van der Waals surface area contributed by atoms with Crippen molar-refractivity contribution in [2.75, 3.05) is 13.7 Å². The van der Waals surface area contributed by atoms with Crippen molar-refractivity contribution < 1.29 is 14.3 Å². The average Bonchev–Trinajstić information content (AvgIpc) is 2.93. The van der Waals surface area contributed by atoms with E-state index in [9.17, 15) is 9.59 Å². The second-order valence-corrected chi connectivity index (χ2v) is 6.01. The summed E-state index contributed by atoms with van der Waals surface area (Å²) in [7, 11) is 1.37. The number of aromatic nitrogens is 2. The lowest BCUT2D eigenvalue weighted by molar-refractivity contribution is -0.146. The number of carbonyl (C=O) groups is 2. The van der Waals surface area contributed by atoms with Gasteiger partial charge < -0.3 is 10.1 Å². The first-order valence-corrected chi connectivity index (χ1v) is 7.76. The minimum absolute atomic E-state index is 0.128. The van der Waals surface area contributed by atoms with E-state index in [4.69, 9.17) is 4.74 Å². The molecular weight excluding hydrogens is 294 g/mol. The number of carbonyl (C=O) groups excluding carboxylic acids is 2. The largest absolute Gasteiger partial charge is 0.469 e. The Labute approximate surface area is 135 Å². The molecule has 0 bridgehead atoms. The highest BCUT2D eigenvalue weighted by molar-refractivity contribution is 5.82. The number of rotatable bonds is 7. The molecule has 124 valence electrons. The molecule has 1 atom stereocenters. The molecule has 1 amide bonds. The van der Waals surface area contributed by atoms with Crippen molar-refractivity contribution in [3.8, 4) is 0 Å². The highest BCUT2D eigenvalue weighted by Gasteiger charge is 2.21. The molecular formula is C17H23N3O3. The van der Waals surface area contributed by atoms with Crippen LogP contribution in [0.25, 0.3) is 10.9 Å². The summed E-state index contributed by atoms with van der Waals surface area (Å²) in [5.74, 6) is -0.426. The molecule has 0 aliphatic carbocycles. The summed E-state index contributed by atoms with van der Waals surface area (Å²) in [4.78, 5) is 23.9. The molecule has 6 nitrogen and oxygen atoms in total. The number of hydrogen-bond donors (Lipinski definition) is 1. The van der Waals surface area contributed by atoms with Gasteiger partial charge in [-0.1, -0.05) is 32.0 Å². The van der Waals surface area contributed by atoms with Crippen LogP contribution in [0.1, 0.15) is 20.3 Å². The number of fused-ring (bicyclic) bond motifs is 1. The van der Waals surface area contributed by atoms with E-state index in [1.807, 2.05) is 38.1 Å². The second-order valence-electron chi connectivity index (χ2n) is 6.01. The van der Waals surface area contributed by atoms with Crippen LogP contribution in [-0.4, -0.2) is 35.3 Å². The van der Waals surface area contributed by atoms with Crippen LogP contribution in [0.4, 0.5) is 0 Å². The van der Waals surface area contributed by atoms with Crippen LogP contribution in [0.2, 0.25) is 0 Å². The number of esters is 1. The fourth-order valence-electron chi connectivity index (χ4n) is 2.58. The predicted molar refractivity (Wildman–Crippen MR) is 87.7 cm³/mol. The Morgan fingerprint density at radius 2 is 2.04 bits per heavy atom. The number of nitrogens with zero attached hydrogens (tertiary/aromatic N) is 2. The van der Waals surface area contributed by atoms with E-state index >= 15 is 0 Å². The standard InChI is InChI=1S/C17H23N3O3/c1-12(2)8-14(17(22)23-3)9-18-16(21)11-20-15-7-5-4-6-13(15)10-19-20/h4-7,10,12,14H,8-9,11H2,1-3H3,(H,18,21)/t14-/m1/s1. The molecule has 6 heteroatoms. The Kier molecular flexibility index (Phi) is 5.73. The fourth-order valence-corrected chi connectivity index (χ4v) is 2.58. The van der Waals surface area contributed by atoms with E-state index in [0.717, 1.165) is 10.9 Å². The molecule has 0 fully saturated rings. The molecule has 1 aromatic heterocycles. The third kappa shape index (κ3) is 4.55. The van der Waals surface area contributed by atoms with Gasteiger partial charge in [0.1, 0.15) is 6.54 Å². The van der Waals surface area contributed by atoms with Crippen LogP contribution in [0, 0.1) is 11.8 Å². The monoisotopic (exact) mass is 317 g/mol. The number of amides is 1. The van der Waals surface area contributed by atoms with Crippen molar-refractivity contribution >= 4 is 22.8 Å². The summed E-state index contributed by atoms with van der Waals surface area (Å²) >= 11 is 0. The number of hydrogen-bond acceptors (Lipinski definition) is 4. The molecule has 1 heterocycles. The second kappa shape index (κ2) is 7.76. The Morgan fingerprint density at radius 1 is 1.30 bits per heavy atom. The van der Waals surface area contributed by atoms with Gasteiger partial charge in [-0.05, 0) is 18.4 Å². The normalized spacial score (nSPS) is 12.3. The summed E-state index contributed by atoms with van der Waals surface area (Å²) in [5.41, 5.74) is 0.911. The van der Waals surface area contributed by atoms with Gasteiger partial charge in [0.15, 0.2) is 0 Å². The van der Waals surface area contributed by atoms with Crippen LogP contribution in [0.3, 0.4) is 0 Å². The lowest BCUT2D eigenvalue weighted by Gasteiger charge is -2.17. The van der Waals surface area contributed by atoms with Gasteiger partial charge in [0.2, 0.25) is 5.91 Å². The summed E-state index contributed by atoms with van der Waals surface area (Å²) in [6.07, 6.45) is 2.41. The Balaban J connectivity index is 1.94. The molecule has 0 saturated carbocycles. The zero-order valence-electron chi connectivity index (χ0n) is 13.8. The summed E-state index contributed by atoms with van der Waals surface area (Å²) < 4.78 is 6.45. The quantitative estimate of drug-likeness (QED) is 0.793. The predicted octanol–water partition coefficient (Wildman–Crippen LogP) is 1.99. The SMILES string of the molecule is COC(=O)[C@@H](CNC(=O)Cn1ncc2ccccc21)CC(C)C. The maximum atomic E-state index is 12.1. The van der Waals surface area contributed by atoms with E-state index < -0.39 is 0 Å².